The van der Waals surface area contributed by atoms with Crippen LogP contribution < -0.4 is 5.32 Å². The van der Waals surface area contributed by atoms with Crippen molar-refractivity contribution >= 4 is 0 Å². The third-order valence-corrected chi connectivity index (χ3v) is 3.93. The van der Waals surface area contributed by atoms with Gasteiger partial charge in [-0.25, -0.2) is 0 Å². The third kappa shape index (κ3) is 2.29. The monoisotopic (exact) mass is 197 g/mol. The van der Waals surface area contributed by atoms with Crippen LogP contribution in [-0.2, 0) is 4.74 Å². The Labute approximate surface area is 87.4 Å². The molecule has 1 saturated heterocycles. The summed E-state index contributed by atoms with van der Waals surface area (Å²) in [6.07, 6.45) is 5.40. The van der Waals surface area contributed by atoms with Gasteiger partial charge >= 0.3 is 0 Å². The number of nitrogens with one attached hydrogen (secondary N) is 1. The Bertz CT molecular complexity index is 183. The molecule has 0 radical (unpaired) electrons. The molecule has 2 rings (SSSR count). The second kappa shape index (κ2) is 4.63. The lowest BCUT2D eigenvalue weighted by Crippen LogP contribution is -2.47. The maximum absolute atomic E-state index is 5.46. The van der Waals surface area contributed by atoms with Crippen LogP contribution in [0, 0.1) is 11.8 Å². The molecular formula is C12H23NO. The lowest BCUT2D eigenvalue weighted by molar-refractivity contribution is 0.0346. The zero-order valence-corrected chi connectivity index (χ0v) is 9.46. The Hall–Kier alpha value is -0.0800. The minimum atomic E-state index is 0.691. The van der Waals surface area contributed by atoms with Gasteiger partial charge in [0.05, 0.1) is 6.61 Å². The van der Waals surface area contributed by atoms with E-state index in [9.17, 15) is 0 Å². The van der Waals surface area contributed by atoms with Crippen LogP contribution in [0.2, 0.25) is 0 Å². The number of rotatable bonds is 2. The Kier molecular flexibility index (Phi) is 3.45. The summed E-state index contributed by atoms with van der Waals surface area (Å²) in [7, 11) is 0. The van der Waals surface area contributed by atoms with Gasteiger partial charge < -0.3 is 10.1 Å². The molecule has 1 N–H and O–H groups in total. The summed E-state index contributed by atoms with van der Waals surface area (Å²) in [5.41, 5.74) is 0. The van der Waals surface area contributed by atoms with E-state index in [2.05, 4.69) is 19.2 Å². The summed E-state index contributed by atoms with van der Waals surface area (Å²) < 4.78 is 5.46. The summed E-state index contributed by atoms with van der Waals surface area (Å²) >= 11 is 0. The molecule has 1 aliphatic heterocycles. The summed E-state index contributed by atoms with van der Waals surface area (Å²) in [6, 6.07) is 1.48. The Morgan fingerprint density at radius 1 is 1.00 bits per heavy atom. The Morgan fingerprint density at radius 2 is 1.79 bits per heavy atom. The van der Waals surface area contributed by atoms with Gasteiger partial charge in [-0.1, -0.05) is 20.3 Å². The number of hydrogen-bond acceptors (Lipinski definition) is 2. The third-order valence-electron chi connectivity index (χ3n) is 3.93. The van der Waals surface area contributed by atoms with Crippen LogP contribution in [0.25, 0.3) is 0 Å². The lowest BCUT2D eigenvalue weighted by Gasteiger charge is -2.33. The average molecular weight is 197 g/mol. The fourth-order valence-electron chi connectivity index (χ4n) is 2.80. The predicted molar refractivity (Wildman–Crippen MR) is 58.3 cm³/mol. The van der Waals surface area contributed by atoms with Crippen LogP contribution in [-0.4, -0.2) is 25.3 Å². The average Bonchev–Trinajstić information content (AvgIpc) is 2.56. The van der Waals surface area contributed by atoms with Crippen LogP contribution in [0.3, 0.4) is 0 Å². The van der Waals surface area contributed by atoms with Gasteiger partial charge in [0.15, 0.2) is 0 Å². The second-order valence-corrected chi connectivity index (χ2v) is 5.13. The van der Waals surface area contributed by atoms with Gasteiger partial charge in [-0.15, -0.1) is 0 Å². The highest BCUT2D eigenvalue weighted by Crippen LogP contribution is 2.27. The number of ether oxygens (including phenoxy) is 1. The van der Waals surface area contributed by atoms with E-state index in [1.165, 1.54) is 25.7 Å². The summed E-state index contributed by atoms with van der Waals surface area (Å²) in [5.74, 6) is 1.57. The first kappa shape index (κ1) is 10.4. The first-order valence-corrected chi connectivity index (χ1v) is 6.11. The van der Waals surface area contributed by atoms with Crippen LogP contribution >= 0.6 is 0 Å². The van der Waals surface area contributed by atoms with Gasteiger partial charge in [0.25, 0.3) is 0 Å². The molecule has 0 aromatic rings. The smallest absolute Gasteiger partial charge is 0.0506 e. The molecule has 0 aromatic heterocycles. The highest BCUT2D eigenvalue weighted by Gasteiger charge is 2.29. The minimum Gasteiger partial charge on any atom is -0.381 e. The molecule has 0 amide bonds. The van der Waals surface area contributed by atoms with E-state index in [1.54, 1.807) is 0 Å². The summed E-state index contributed by atoms with van der Waals surface area (Å²) in [4.78, 5) is 0. The van der Waals surface area contributed by atoms with E-state index in [0.29, 0.717) is 12.0 Å². The standard InChI is InChI=1S/C12H23NO/c1-9-4-3-5-11(9)13-12-6-7-14-8-10(12)2/h9-13H,3-8H2,1-2H3. The van der Waals surface area contributed by atoms with Crippen molar-refractivity contribution in [2.24, 2.45) is 11.8 Å². The van der Waals surface area contributed by atoms with E-state index >= 15 is 0 Å². The van der Waals surface area contributed by atoms with Crippen molar-refractivity contribution < 1.29 is 4.74 Å². The Balaban J connectivity index is 1.83. The molecule has 4 atom stereocenters. The van der Waals surface area contributed by atoms with Gasteiger partial charge in [-0.3, -0.25) is 0 Å². The van der Waals surface area contributed by atoms with Crippen LogP contribution in [0.4, 0.5) is 0 Å². The van der Waals surface area contributed by atoms with E-state index in [1.807, 2.05) is 0 Å². The fraction of sp³-hybridized carbons (Fsp3) is 1.00. The molecule has 4 unspecified atom stereocenters. The molecule has 1 aliphatic carbocycles. The van der Waals surface area contributed by atoms with E-state index in [0.717, 1.165) is 25.2 Å². The van der Waals surface area contributed by atoms with Crippen LogP contribution in [0.15, 0.2) is 0 Å². The van der Waals surface area contributed by atoms with Gasteiger partial charge in [0.1, 0.15) is 0 Å². The normalized spacial score (nSPS) is 44.1. The highest BCUT2D eigenvalue weighted by molar-refractivity contribution is 4.86. The maximum Gasteiger partial charge on any atom is 0.0506 e. The fourth-order valence-corrected chi connectivity index (χ4v) is 2.80. The lowest BCUT2D eigenvalue weighted by atomic mass is 9.95. The predicted octanol–water partition coefficient (Wildman–Crippen LogP) is 2.19. The topological polar surface area (TPSA) is 21.3 Å². The van der Waals surface area contributed by atoms with Crippen molar-refractivity contribution in [3.05, 3.63) is 0 Å². The van der Waals surface area contributed by atoms with E-state index in [4.69, 9.17) is 4.74 Å². The molecule has 2 heteroatoms. The zero-order valence-electron chi connectivity index (χ0n) is 9.46. The maximum atomic E-state index is 5.46. The largest absolute Gasteiger partial charge is 0.381 e. The molecule has 1 heterocycles. The van der Waals surface area contributed by atoms with E-state index < -0.39 is 0 Å². The van der Waals surface area contributed by atoms with Gasteiger partial charge in [0, 0.05) is 18.7 Å². The first-order valence-electron chi connectivity index (χ1n) is 6.11. The van der Waals surface area contributed by atoms with Gasteiger partial charge in [-0.05, 0) is 31.1 Å². The first-order chi connectivity index (χ1) is 6.77. The van der Waals surface area contributed by atoms with Crippen molar-refractivity contribution in [1.29, 1.82) is 0 Å². The summed E-state index contributed by atoms with van der Waals surface area (Å²) in [6.45, 7) is 6.58. The van der Waals surface area contributed by atoms with Crippen LogP contribution in [0.1, 0.15) is 39.5 Å². The van der Waals surface area contributed by atoms with Gasteiger partial charge in [-0.2, -0.15) is 0 Å². The van der Waals surface area contributed by atoms with Crippen molar-refractivity contribution in [3.8, 4) is 0 Å². The van der Waals surface area contributed by atoms with Crippen LogP contribution in [0.5, 0.6) is 0 Å². The molecule has 82 valence electrons. The Morgan fingerprint density at radius 3 is 2.43 bits per heavy atom. The molecule has 0 aromatic carbocycles. The molecule has 14 heavy (non-hydrogen) atoms. The molecule has 0 bridgehead atoms. The van der Waals surface area contributed by atoms with Gasteiger partial charge in [0.2, 0.25) is 0 Å². The molecule has 2 nitrogen and oxygen atoms in total. The molecule has 2 aliphatic rings. The quantitative estimate of drug-likeness (QED) is 0.732. The zero-order chi connectivity index (χ0) is 9.97. The minimum absolute atomic E-state index is 0.691. The van der Waals surface area contributed by atoms with Crippen molar-refractivity contribution in [2.75, 3.05) is 13.2 Å². The van der Waals surface area contributed by atoms with Crippen molar-refractivity contribution in [2.45, 2.75) is 51.6 Å². The SMILES string of the molecule is CC1CCCC1NC1CCOCC1C. The van der Waals surface area contributed by atoms with E-state index in [-0.39, 0.29) is 0 Å². The summed E-state index contributed by atoms with van der Waals surface area (Å²) in [5, 5.41) is 3.84. The second-order valence-electron chi connectivity index (χ2n) is 5.13. The highest BCUT2D eigenvalue weighted by atomic mass is 16.5. The molecule has 2 fully saturated rings. The van der Waals surface area contributed by atoms with Crippen molar-refractivity contribution in [3.63, 3.8) is 0 Å². The van der Waals surface area contributed by atoms with Crippen molar-refractivity contribution in [1.82, 2.24) is 5.32 Å². The molecule has 1 saturated carbocycles. The molecule has 0 spiro atoms. The number of hydrogen-bond donors (Lipinski definition) is 1. The molecular weight excluding hydrogens is 174 g/mol.